The van der Waals surface area contributed by atoms with Crippen molar-refractivity contribution in [2.45, 2.75) is 6.92 Å². The second kappa shape index (κ2) is 6.76. The molecule has 0 aliphatic rings. The topological polar surface area (TPSA) is 62.4 Å². The van der Waals surface area contributed by atoms with Gasteiger partial charge < -0.3 is 14.6 Å². The van der Waals surface area contributed by atoms with E-state index in [1.165, 1.54) is 17.2 Å². The lowest BCUT2D eigenvalue weighted by atomic mass is 10.2. The summed E-state index contributed by atoms with van der Waals surface area (Å²) in [4.78, 5) is 28.3. The number of nitrogens with zero attached hydrogens (tertiary/aromatic N) is 1. The zero-order chi connectivity index (χ0) is 13.5. The molecule has 1 heterocycles. The molecule has 0 atom stereocenters. The molecule has 0 saturated heterocycles. The molecule has 1 rings (SSSR count). The van der Waals surface area contributed by atoms with E-state index in [1.807, 2.05) is 0 Å². The van der Waals surface area contributed by atoms with Crippen molar-refractivity contribution in [1.82, 2.24) is 9.88 Å². The molecule has 0 bridgehead atoms. The van der Waals surface area contributed by atoms with Gasteiger partial charge in [-0.15, -0.1) is 6.58 Å². The van der Waals surface area contributed by atoms with Crippen LogP contribution in [0.25, 0.3) is 0 Å². The van der Waals surface area contributed by atoms with Crippen molar-refractivity contribution in [3.05, 3.63) is 46.4 Å². The first-order valence-electron chi connectivity index (χ1n) is 5.68. The fourth-order valence-corrected chi connectivity index (χ4v) is 1.54. The molecule has 0 fully saturated rings. The maximum Gasteiger partial charge on any atom is 0.259 e. The van der Waals surface area contributed by atoms with Crippen molar-refractivity contribution in [2.24, 2.45) is 0 Å². The Balaban J connectivity index is 2.94. The number of pyridine rings is 1. The first-order chi connectivity index (χ1) is 8.60. The predicted octanol–water partition coefficient (Wildman–Crippen LogP) is 0.958. The number of carbonyl (C=O) groups excluding carboxylic acids is 1. The zero-order valence-corrected chi connectivity index (χ0v) is 10.7. The molecule has 0 aromatic carbocycles. The molecule has 0 unspecified atom stereocenters. The molecule has 0 saturated carbocycles. The number of hydrogen-bond acceptors (Lipinski definition) is 3. The average molecular weight is 250 g/mol. The summed E-state index contributed by atoms with van der Waals surface area (Å²) in [6.07, 6.45) is 3.07. The second-order valence-electron chi connectivity index (χ2n) is 3.93. The largest absolute Gasteiger partial charge is 0.383 e. The van der Waals surface area contributed by atoms with Crippen LogP contribution in [0.1, 0.15) is 16.1 Å². The standard InChI is InChI=1S/C13H18N2O3/c1-4-5-15(6-7-18-3)13(17)11-9-14-10(2)8-12(11)16/h4,8-9H,1,5-7H2,2-3H3,(H,14,16). The van der Waals surface area contributed by atoms with Gasteiger partial charge in [-0.05, 0) is 6.92 Å². The fourth-order valence-electron chi connectivity index (χ4n) is 1.54. The maximum absolute atomic E-state index is 12.2. The van der Waals surface area contributed by atoms with E-state index in [0.717, 1.165) is 5.69 Å². The molecule has 1 N–H and O–H groups in total. The van der Waals surface area contributed by atoms with E-state index >= 15 is 0 Å². The Kier molecular flexibility index (Phi) is 5.32. The molecular formula is C13H18N2O3. The molecule has 5 nitrogen and oxygen atoms in total. The summed E-state index contributed by atoms with van der Waals surface area (Å²) in [5.41, 5.74) is 0.588. The minimum Gasteiger partial charge on any atom is -0.383 e. The number of aromatic nitrogens is 1. The minimum absolute atomic E-state index is 0.138. The van der Waals surface area contributed by atoms with Crippen LogP contribution in [0.4, 0.5) is 0 Å². The highest BCUT2D eigenvalue weighted by Crippen LogP contribution is 2.00. The van der Waals surface area contributed by atoms with Crippen LogP contribution in [0.3, 0.4) is 0 Å². The number of carbonyl (C=O) groups is 1. The average Bonchev–Trinajstić information content (AvgIpc) is 2.33. The molecule has 0 radical (unpaired) electrons. The molecule has 0 spiro atoms. The van der Waals surface area contributed by atoms with E-state index in [0.29, 0.717) is 19.7 Å². The van der Waals surface area contributed by atoms with Crippen LogP contribution in [0, 0.1) is 6.92 Å². The molecular weight excluding hydrogens is 232 g/mol. The lowest BCUT2D eigenvalue weighted by Crippen LogP contribution is -2.36. The van der Waals surface area contributed by atoms with E-state index in [2.05, 4.69) is 11.6 Å². The van der Waals surface area contributed by atoms with Crippen LogP contribution in [-0.2, 0) is 4.74 Å². The molecule has 1 amide bonds. The lowest BCUT2D eigenvalue weighted by molar-refractivity contribution is 0.0716. The number of amides is 1. The number of rotatable bonds is 6. The van der Waals surface area contributed by atoms with Gasteiger partial charge in [0, 0.05) is 38.2 Å². The minimum atomic E-state index is -0.312. The van der Waals surface area contributed by atoms with Gasteiger partial charge in [0.1, 0.15) is 5.56 Å². The summed E-state index contributed by atoms with van der Waals surface area (Å²) in [7, 11) is 1.56. The number of nitrogens with one attached hydrogen (secondary N) is 1. The van der Waals surface area contributed by atoms with Gasteiger partial charge in [-0.3, -0.25) is 9.59 Å². The smallest absolute Gasteiger partial charge is 0.259 e. The summed E-state index contributed by atoms with van der Waals surface area (Å²) in [5.74, 6) is -0.312. The van der Waals surface area contributed by atoms with Gasteiger partial charge >= 0.3 is 0 Å². The van der Waals surface area contributed by atoms with E-state index in [1.54, 1.807) is 20.1 Å². The molecule has 0 aliphatic heterocycles. The normalized spacial score (nSPS) is 10.1. The van der Waals surface area contributed by atoms with Crippen LogP contribution in [0.15, 0.2) is 29.7 Å². The first-order valence-corrected chi connectivity index (χ1v) is 5.68. The molecule has 1 aromatic heterocycles. The summed E-state index contributed by atoms with van der Waals surface area (Å²) in [6, 6.07) is 1.41. The Hall–Kier alpha value is -1.88. The number of aryl methyl sites for hydroxylation is 1. The fraction of sp³-hybridized carbons (Fsp3) is 0.385. The van der Waals surface area contributed by atoms with Crippen LogP contribution in [0.5, 0.6) is 0 Å². The van der Waals surface area contributed by atoms with Crippen molar-refractivity contribution >= 4 is 5.91 Å². The van der Waals surface area contributed by atoms with E-state index < -0.39 is 0 Å². The predicted molar refractivity (Wildman–Crippen MR) is 69.8 cm³/mol. The van der Waals surface area contributed by atoms with Crippen molar-refractivity contribution in [1.29, 1.82) is 0 Å². The van der Waals surface area contributed by atoms with Gasteiger partial charge in [0.25, 0.3) is 5.91 Å². The Morgan fingerprint density at radius 3 is 2.89 bits per heavy atom. The SMILES string of the molecule is C=CCN(CCOC)C(=O)c1c[nH]c(C)cc1=O. The highest BCUT2D eigenvalue weighted by molar-refractivity contribution is 5.93. The number of H-pyrrole nitrogens is 1. The molecule has 18 heavy (non-hydrogen) atoms. The summed E-state index contributed by atoms with van der Waals surface area (Å²) < 4.78 is 4.94. The van der Waals surface area contributed by atoms with Crippen molar-refractivity contribution in [2.75, 3.05) is 26.8 Å². The third-order valence-electron chi connectivity index (χ3n) is 2.49. The van der Waals surface area contributed by atoms with E-state index in [4.69, 9.17) is 4.74 Å². The second-order valence-corrected chi connectivity index (χ2v) is 3.93. The molecule has 1 aromatic rings. The quantitative estimate of drug-likeness (QED) is 0.765. The lowest BCUT2D eigenvalue weighted by Gasteiger charge is -2.20. The summed E-state index contributed by atoms with van der Waals surface area (Å²) in [6.45, 7) is 6.60. The summed E-state index contributed by atoms with van der Waals surface area (Å²) >= 11 is 0. The molecule has 98 valence electrons. The highest BCUT2D eigenvalue weighted by atomic mass is 16.5. The number of aromatic amines is 1. The van der Waals surface area contributed by atoms with Gasteiger partial charge in [0.15, 0.2) is 5.43 Å². The third-order valence-corrected chi connectivity index (χ3v) is 2.49. The molecule has 5 heteroatoms. The van der Waals surface area contributed by atoms with Crippen LogP contribution >= 0.6 is 0 Å². The van der Waals surface area contributed by atoms with Crippen LogP contribution in [-0.4, -0.2) is 42.6 Å². The third kappa shape index (κ3) is 3.56. The van der Waals surface area contributed by atoms with Gasteiger partial charge in [-0.2, -0.15) is 0 Å². The maximum atomic E-state index is 12.2. The Labute approximate surface area is 106 Å². The number of hydrogen-bond donors (Lipinski definition) is 1. The van der Waals surface area contributed by atoms with Crippen molar-refractivity contribution < 1.29 is 9.53 Å². The zero-order valence-electron chi connectivity index (χ0n) is 10.7. The van der Waals surface area contributed by atoms with Gasteiger partial charge in [0.2, 0.25) is 0 Å². The Morgan fingerprint density at radius 2 is 2.33 bits per heavy atom. The highest BCUT2D eigenvalue weighted by Gasteiger charge is 2.17. The van der Waals surface area contributed by atoms with Gasteiger partial charge in [0.05, 0.1) is 6.61 Å². The Bertz CT molecular complexity index is 479. The van der Waals surface area contributed by atoms with Crippen LogP contribution in [0.2, 0.25) is 0 Å². The number of methoxy groups -OCH3 is 1. The Morgan fingerprint density at radius 1 is 1.61 bits per heavy atom. The molecule has 0 aliphatic carbocycles. The van der Waals surface area contributed by atoms with Gasteiger partial charge in [-0.25, -0.2) is 0 Å². The summed E-state index contributed by atoms with van der Waals surface area (Å²) in [5, 5.41) is 0. The van der Waals surface area contributed by atoms with Crippen molar-refractivity contribution in [3.63, 3.8) is 0 Å². The first kappa shape index (κ1) is 14.2. The van der Waals surface area contributed by atoms with Crippen molar-refractivity contribution in [3.8, 4) is 0 Å². The number of ether oxygens (including phenoxy) is 1. The monoisotopic (exact) mass is 250 g/mol. The van der Waals surface area contributed by atoms with E-state index in [9.17, 15) is 9.59 Å². The van der Waals surface area contributed by atoms with Gasteiger partial charge in [-0.1, -0.05) is 6.08 Å². The van der Waals surface area contributed by atoms with E-state index in [-0.39, 0.29) is 16.9 Å². The van der Waals surface area contributed by atoms with Crippen LogP contribution < -0.4 is 5.43 Å².